The Morgan fingerprint density at radius 1 is 0.955 bits per heavy atom. The summed E-state index contributed by atoms with van der Waals surface area (Å²) in [6.45, 7) is 0. The third-order valence-corrected chi connectivity index (χ3v) is 4.85. The van der Waals surface area contributed by atoms with Gasteiger partial charge in [0.15, 0.2) is 5.60 Å². The van der Waals surface area contributed by atoms with Crippen molar-refractivity contribution in [1.82, 2.24) is 0 Å². The summed E-state index contributed by atoms with van der Waals surface area (Å²) in [5.41, 5.74) is 1.98. The Morgan fingerprint density at radius 2 is 1.73 bits per heavy atom. The first-order chi connectivity index (χ1) is 10.7. The number of hydrogen-bond acceptors (Lipinski definition) is 2. The Kier molecular flexibility index (Phi) is 2.17. The second-order valence-electron chi connectivity index (χ2n) is 6.16. The maximum absolute atomic E-state index is 11.5. The van der Waals surface area contributed by atoms with E-state index < -0.39 is 5.60 Å². The number of fused-ring (bicyclic) bond motifs is 5. The average Bonchev–Trinajstić information content (AvgIpc) is 3.13. The van der Waals surface area contributed by atoms with Gasteiger partial charge < -0.3 is 4.74 Å². The smallest absolute Gasteiger partial charge is 0.307 e. The predicted octanol–water partition coefficient (Wildman–Crippen LogP) is 2.53. The molecule has 1 spiro atoms. The van der Waals surface area contributed by atoms with Gasteiger partial charge in [-0.1, -0.05) is 48.6 Å². The molecule has 22 heavy (non-hydrogen) atoms. The van der Waals surface area contributed by atoms with Crippen molar-refractivity contribution in [1.29, 1.82) is 0 Å². The zero-order valence-electron chi connectivity index (χ0n) is 12.0. The minimum atomic E-state index is -0.526. The van der Waals surface area contributed by atoms with Gasteiger partial charge in [0.2, 0.25) is 0 Å². The van der Waals surface area contributed by atoms with Gasteiger partial charge in [0, 0.05) is 6.42 Å². The van der Waals surface area contributed by atoms with Gasteiger partial charge in [-0.25, -0.2) is 0 Å². The van der Waals surface area contributed by atoms with Crippen LogP contribution in [0.1, 0.15) is 24.0 Å². The molecular formula is C20H14O2. The normalized spacial score (nSPS) is 24.1. The Morgan fingerprint density at radius 3 is 2.50 bits per heavy atom. The number of esters is 1. The molecule has 1 fully saturated rings. The lowest BCUT2D eigenvalue weighted by Crippen LogP contribution is -2.29. The van der Waals surface area contributed by atoms with Crippen LogP contribution >= 0.6 is 0 Å². The van der Waals surface area contributed by atoms with E-state index in [9.17, 15) is 4.79 Å². The van der Waals surface area contributed by atoms with E-state index in [4.69, 9.17) is 4.74 Å². The van der Waals surface area contributed by atoms with Gasteiger partial charge in [-0.2, -0.15) is 0 Å². The van der Waals surface area contributed by atoms with Crippen LogP contribution < -0.4 is 10.4 Å². The fraction of sp³-hybridized carbons (Fsp3) is 0.150. The average molecular weight is 286 g/mol. The molecule has 1 aliphatic heterocycles. The molecular weight excluding hydrogens is 272 g/mol. The Balaban J connectivity index is 1.80. The van der Waals surface area contributed by atoms with E-state index in [1.54, 1.807) is 0 Å². The highest BCUT2D eigenvalue weighted by Gasteiger charge is 2.37. The van der Waals surface area contributed by atoms with Gasteiger partial charge in [-0.15, -0.1) is 0 Å². The first kappa shape index (κ1) is 12.0. The molecule has 0 radical (unpaired) electrons. The van der Waals surface area contributed by atoms with E-state index in [0.717, 1.165) is 11.6 Å². The molecule has 2 heteroatoms. The molecule has 3 aliphatic rings. The lowest BCUT2D eigenvalue weighted by molar-refractivity contribution is -0.142. The summed E-state index contributed by atoms with van der Waals surface area (Å²) in [6, 6.07) is 8.68. The standard InChI is InChI=1S/C20H14O2/c21-19-9-11-20(22-19)10-8-16-14(12-20)5-7-17-15-3-1-2-13(15)4-6-18(16)17/h1-8,10,12H,9,11H2. The van der Waals surface area contributed by atoms with Crippen molar-refractivity contribution in [2.75, 3.05) is 0 Å². The van der Waals surface area contributed by atoms with E-state index in [1.807, 2.05) is 6.08 Å². The molecule has 1 unspecified atom stereocenters. The summed E-state index contributed by atoms with van der Waals surface area (Å²) < 4.78 is 5.54. The first-order valence-electron chi connectivity index (χ1n) is 7.62. The Bertz CT molecular complexity index is 1020. The molecule has 5 rings (SSSR count). The van der Waals surface area contributed by atoms with Crippen LogP contribution in [-0.4, -0.2) is 11.6 Å². The molecule has 1 heterocycles. The molecule has 0 amide bonds. The van der Waals surface area contributed by atoms with E-state index in [-0.39, 0.29) is 5.97 Å². The van der Waals surface area contributed by atoms with E-state index in [1.165, 1.54) is 27.1 Å². The van der Waals surface area contributed by atoms with Gasteiger partial charge in [-0.05, 0) is 44.5 Å². The predicted molar refractivity (Wildman–Crippen MR) is 88.3 cm³/mol. The van der Waals surface area contributed by atoms with Gasteiger partial charge in [-0.3, -0.25) is 4.79 Å². The first-order valence-corrected chi connectivity index (χ1v) is 7.62. The van der Waals surface area contributed by atoms with Crippen LogP contribution in [0.15, 0.2) is 36.4 Å². The second kappa shape index (κ2) is 3.98. The molecule has 2 aromatic carbocycles. The number of ether oxygens (including phenoxy) is 1. The molecule has 0 bridgehead atoms. The summed E-state index contributed by atoms with van der Waals surface area (Å²) in [4.78, 5) is 11.5. The highest BCUT2D eigenvalue weighted by molar-refractivity contribution is 5.99. The van der Waals surface area contributed by atoms with Crippen LogP contribution in [-0.2, 0) is 9.53 Å². The number of rotatable bonds is 0. The third kappa shape index (κ3) is 1.52. The monoisotopic (exact) mass is 286 g/mol. The SMILES string of the molecule is O=C1CCC2(C=Cc3c(ccc4c5c(ccc34)=CC=C5)=C2)O1. The molecule has 0 aromatic heterocycles. The van der Waals surface area contributed by atoms with Crippen molar-refractivity contribution >= 4 is 41.0 Å². The number of carbonyl (C=O) groups excluding carboxylic acids is 1. The van der Waals surface area contributed by atoms with Gasteiger partial charge in [0.25, 0.3) is 0 Å². The highest BCUT2D eigenvalue weighted by atomic mass is 16.6. The summed E-state index contributed by atoms with van der Waals surface area (Å²) >= 11 is 0. The maximum Gasteiger partial charge on any atom is 0.307 e. The summed E-state index contributed by atoms with van der Waals surface area (Å²) in [5.74, 6) is -0.108. The van der Waals surface area contributed by atoms with Crippen LogP contribution in [0.25, 0.3) is 35.1 Å². The van der Waals surface area contributed by atoms with Gasteiger partial charge in [0.1, 0.15) is 0 Å². The molecule has 0 saturated carbocycles. The number of carbonyl (C=O) groups is 1. The van der Waals surface area contributed by atoms with Crippen LogP contribution in [0.2, 0.25) is 0 Å². The Hall–Kier alpha value is -2.61. The van der Waals surface area contributed by atoms with Crippen molar-refractivity contribution in [2.45, 2.75) is 18.4 Å². The number of benzene rings is 2. The van der Waals surface area contributed by atoms with Gasteiger partial charge >= 0.3 is 5.97 Å². The topological polar surface area (TPSA) is 26.3 Å². The zero-order chi connectivity index (χ0) is 14.7. The van der Waals surface area contributed by atoms with Crippen molar-refractivity contribution in [2.24, 2.45) is 0 Å². The van der Waals surface area contributed by atoms with Crippen molar-refractivity contribution < 1.29 is 9.53 Å². The van der Waals surface area contributed by atoms with Crippen molar-refractivity contribution in [3.63, 3.8) is 0 Å². The van der Waals surface area contributed by atoms with E-state index in [2.05, 4.69) is 54.6 Å². The lowest BCUT2D eigenvalue weighted by Gasteiger charge is -2.23. The molecule has 2 nitrogen and oxygen atoms in total. The van der Waals surface area contributed by atoms with Crippen LogP contribution in [0.5, 0.6) is 0 Å². The fourth-order valence-corrected chi connectivity index (χ4v) is 3.74. The van der Waals surface area contributed by atoms with Crippen molar-refractivity contribution in [3.8, 4) is 0 Å². The van der Waals surface area contributed by atoms with Crippen molar-refractivity contribution in [3.05, 3.63) is 58.0 Å². The minimum Gasteiger partial charge on any atom is -0.450 e. The summed E-state index contributed by atoms with van der Waals surface area (Å²) in [6.07, 6.45) is 13.9. The highest BCUT2D eigenvalue weighted by Crippen LogP contribution is 2.33. The maximum atomic E-state index is 11.5. The van der Waals surface area contributed by atoms with Crippen LogP contribution in [0, 0.1) is 0 Å². The lowest BCUT2D eigenvalue weighted by atomic mass is 9.88. The third-order valence-electron chi connectivity index (χ3n) is 4.85. The quantitative estimate of drug-likeness (QED) is 0.696. The van der Waals surface area contributed by atoms with Crippen LogP contribution in [0.4, 0.5) is 0 Å². The number of allylic oxidation sites excluding steroid dienone is 1. The zero-order valence-corrected chi connectivity index (χ0v) is 12.0. The van der Waals surface area contributed by atoms with E-state index in [0.29, 0.717) is 6.42 Å². The largest absolute Gasteiger partial charge is 0.450 e. The fourth-order valence-electron chi connectivity index (χ4n) is 3.74. The molecule has 0 N–H and O–H groups in total. The molecule has 2 aromatic rings. The van der Waals surface area contributed by atoms with Crippen LogP contribution in [0.3, 0.4) is 0 Å². The number of hydrogen-bond donors (Lipinski definition) is 0. The molecule has 1 atom stereocenters. The molecule has 2 aliphatic carbocycles. The Labute approximate surface area is 127 Å². The molecule has 1 saturated heterocycles. The second-order valence-corrected chi connectivity index (χ2v) is 6.16. The van der Waals surface area contributed by atoms with Gasteiger partial charge in [0.05, 0.1) is 6.42 Å². The summed E-state index contributed by atoms with van der Waals surface area (Å²) in [7, 11) is 0. The van der Waals surface area contributed by atoms with E-state index >= 15 is 0 Å². The minimum absolute atomic E-state index is 0.108. The molecule has 106 valence electrons. The summed E-state index contributed by atoms with van der Waals surface area (Å²) in [5, 5.41) is 4.95.